The number of fused-ring (bicyclic) bond motifs is 1. The number of nitrogens with zero attached hydrogens (tertiary/aromatic N) is 4. The van der Waals surface area contributed by atoms with E-state index in [0.29, 0.717) is 53.5 Å². The summed E-state index contributed by atoms with van der Waals surface area (Å²) in [7, 11) is 3.14. The maximum absolute atomic E-state index is 13.1. The molecule has 48 heavy (non-hydrogen) atoms. The minimum absolute atomic E-state index is 0.193. The molecule has 5 rings (SSSR count). The number of pyridine rings is 2. The molecule has 15 heteroatoms. The number of carbonyl (C=O) groups is 2. The van der Waals surface area contributed by atoms with Crippen molar-refractivity contribution in [2.45, 2.75) is 38.7 Å². The first-order valence-electron chi connectivity index (χ1n) is 14.7. The SMILES string of the molecule is COc1ccc(CNc2nccc3c2c(-c2ccc(C(=O)Nc4cc(C(F)(F)F)ccn4)cc2)nn3CC[C@@H](C)NC(=O)O)c(OC)c1. The number of halogens is 3. The Labute approximate surface area is 272 Å². The predicted molar refractivity (Wildman–Crippen MR) is 172 cm³/mol. The zero-order valence-electron chi connectivity index (χ0n) is 26.1. The molecule has 0 aliphatic carbocycles. The second-order valence-corrected chi connectivity index (χ2v) is 10.8. The van der Waals surface area contributed by atoms with Gasteiger partial charge in [-0.1, -0.05) is 12.1 Å². The van der Waals surface area contributed by atoms with Crippen molar-refractivity contribution in [3.05, 3.63) is 89.7 Å². The van der Waals surface area contributed by atoms with Crippen LogP contribution in [-0.4, -0.2) is 57.1 Å². The molecule has 2 aromatic carbocycles. The Balaban J connectivity index is 1.46. The van der Waals surface area contributed by atoms with Crippen LogP contribution < -0.4 is 25.4 Å². The molecule has 0 fully saturated rings. The Morgan fingerprint density at radius 3 is 2.42 bits per heavy atom. The minimum atomic E-state index is -4.58. The Hall–Kier alpha value is -5.86. The zero-order chi connectivity index (χ0) is 34.4. The highest BCUT2D eigenvalue weighted by Crippen LogP contribution is 2.34. The molecular formula is C33H32F3N7O5. The van der Waals surface area contributed by atoms with Crippen molar-refractivity contribution in [1.29, 1.82) is 0 Å². The number of carboxylic acid groups (broad SMARTS) is 1. The number of methoxy groups -OCH3 is 2. The van der Waals surface area contributed by atoms with Crippen molar-refractivity contribution >= 4 is 34.5 Å². The molecule has 0 radical (unpaired) electrons. The normalized spacial score (nSPS) is 12.0. The van der Waals surface area contributed by atoms with E-state index >= 15 is 0 Å². The Kier molecular flexibility index (Phi) is 9.96. The number of hydrogen-bond acceptors (Lipinski definition) is 8. The van der Waals surface area contributed by atoms with Crippen LogP contribution in [0.25, 0.3) is 22.2 Å². The highest BCUT2D eigenvalue weighted by Gasteiger charge is 2.31. The van der Waals surface area contributed by atoms with Gasteiger partial charge in [0.25, 0.3) is 5.91 Å². The van der Waals surface area contributed by atoms with Crippen LogP contribution in [0, 0.1) is 0 Å². The Morgan fingerprint density at radius 1 is 0.979 bits per heavy atom. The summed E-state index contributed by atoms with van der Waals surface area (Å²) in [6.45, 7) is 2.50. The lowest BCUT2D eigenvalue weighted by molar-refractivity contribution is -0.137. The first kappa shape index (κ1) is 33.5. The molecule has 3 aromatic heterocycles. The monoisotopic (exact) mass is 663 g/mol. The fraction of sp³-hybridized carbons (Fsp3) is 0.242. The second-order valence-electron chi connectivity index (χ2n) is 10.8. The van der Waals surface area contributed by atoms with Gasteiger partial charge in [-0.25, -0.2) is 14.8 Å². The largest absolute Gasteiger partial charge is 0.497 e. The number of anilines is 2. The first-order chi connectivity index (χ1) is 23.0. The van der Waals surface area contributed by atoms with E-state index in [1.54, 1.807) is 50.2 Å². The topological polar surface area (TPSA) is 153 Å². The molecule has 0 spiro atoms. The molecule has 5 aromatic rings. The number of hydrogen-bond donors (Lipinski definition) is 4. The third-order valence-electron chi connectivity index (χ3n) is 7.50. The fourth-order valence-corrected chi connectivity index (χ4v) is 5.05. The summed E-state index contributed by atoms with van der Waals surface area (Å²) < 4.78 is 52.0. The fourth-order valence-electron chi connectivity index (χ4n) is 5.05. The second kappa shape index (κ2) is 14.3. The summed E-state index contributed by atoms with van der Waals surface area (Å²) in [5, 5.41) is 22.9. The molecule has 3 heterocycles. The average molecular weight is 664 g/mol. The van der Waals surface area contributed by atoms with Gasteiger partial charge in [-0.3, -0.25) is 9.48 Å². The van der Waals surface area contributed by atoms with Gasteiger partial charge in [-0.05, 0) is 55.8 Å². The van der Waals surface area contributed by atoms with Crippen molar-refractivity contribution in [2.24, 2.45) is 0 Å². The molecule has 0 saturated carbocycles. The molecule has 0 unspecified atom stereocenters. The maximum Gasteiger partial charge on any atom is 0.416 e. The lowest BCUT2D eigenvalue weighted by Gasteiger charge is -2.13. The van der Waals surface area contributed by atoms with Gasteiger partial charge in [0, 0.05) is 54.3 Å². The number of aromatic nitrogens is 4. The van der Waals surface area contributed by atoms with Gasteiger partial charge in [0.1, 0.15) is 28.8 Å². The summed E-state index contributed by atoms with van der Waals surface area (Å²) in [5.74, 6) is 0.931. The van der Waals surface area contributed by atoms with Gasteiger partial charge in [0.15, 0.2) is 0 Å². The highest BCUT2D eigenvalue weighted by molar-refractivity contribution is 6.05. The van der Waals surface area contributed by atoms with E-state index in [9.17, 15) is 22.8 Å². The molecule has 0 bridgehead atoms. The Morgan fingerprint density at radius 2 is 1.73 bits per heavy atom. The molecule has 2 amide bonds. The lowest BCUT2D eigenvalue weighted by Crippen LogP contribution is -2.31. The van der Waals surface area contributed by atoms with Crippen LogP contribution in [0.2, 0.25) is 0 Å². The van der Waals surface area contributed by atoms with Crippen molar-refractivity contribution in [1.82, 2.24) is 25.1 Å². The standard InChI is InChI=1S/C33H32F3N7O5/c1-19(40-32(45)46)12-15-43-25-11-14-38-30(39-18-22-8-9-24(47-2)17-26(22)48-3)28(25)29(42-43)20-4-6-21(7-5-20)31(44)41-27-16-23(10-13-37-27)33(34,35)36/h4-11,13-14,16-17,19,40H,12,15,18H2,1-3H3,(H,38,39)(H,45,46)(H,37,41,44)/t19-/m1/s1. The number of benzene rings is 2. The number of carbonyl (C=O) groups excluding carboxylic acids is 1. The summed E-state index contributed by atoms with van der Waals surface area (Å²) in [4.78, 5) is 32.4. The number of ether oxygens (including phenoxy) is 2. The molecule has 0 aliphatic rings. The number of nitrogens with one attached hydrogen (secondary N) is 3. The van der Waals surface area contributed by atoms with Crippen molar-refractivity contribution in [2.75, 3.05) is 24.9 Å². The molecule has 0 saturated heterocycles. The first-order valence-corrected chi connectivity index (χ1v) is 14.7. The third kappa shape index (κ3) is 7.74. The number of rotatable bonds is 12. The molecule has 1 atom stereocenters. The van der Waals surface area contributed by atoms with Gasteiger partial charge in [0.2, 0.25) is 0 Å². The van der Waals surface area contributed by atoms with E-state index in [-0.39, 0.29) is 17.4 Å². The molecule has 12 nitrogen and oxygen atoms in total. The van der Waals surface area contributed by atoms with Crippen LogP contribution in [0.4, 0.5) is 29.6 Å². The Bertz CT molecular complexity index is 1930. The number of amides is 2. The van der Waals surface area contributed by atoms with E-state index in [4.69, 9.17) is 19.7 Å². The van der Waals surface area contributed by atoms with Crippen LogP contribution in [-0.2, 0) is 19.3 Å². The zero-order valence-corrected chi connectivity index (χ0v) is 26.1. The van der Waals surface area contributed by atoms with Gasteiger partial charge in [0.05, 0.1) is 30.7 Å². The molecule has 0 aliphatic heterocycles. The van der Waals surface area contributed by atoms with E-state index in [2.05, 4.69) is 25.9 Å². The maximum atomic E-state index is 13.1. The van der Waals surface area contributed by atoms with Crippen LogP contribution in [0.5, 0.6) is 11.5 Å². The van der Waals surface area contributed by atoms with Crippen molar-refractivity contribution in [3.8, 4) is 22.8 Å². The summed E-state index contributed by atoms with van der Waals surface area (Å²) >= 11 is 0. The van der Waals surface area contributed by atoms with Gasteiger partial charge >= 0.3 is 12.3 Å². The van der Waals surface area contributed by atoms with Crippen LogP contribution in [0.15, 0.2) is 73.1 Å². The van der Waals surface area contributed by atoms with Crippen LogP contribution in [0.3, 0.4) is 0 Å². The summed E-state index contributed by atoms with van der Waals surface area (Å²) in [5.41, 5.74) is 2.05. The van der Waals surface area contributed by atoms with Crippen molar-refractivity contribution < 1.29 is 37.3 Å². The molecule has 250 valence electrons. The minimum Gasteiger partial charge on any atom is -0.497 e. The molecular weight excluding hydrogens is 631 g/mol. The summed E-state index contributed by atoms with van der Waals surface area (Å²) in [6.07, 6.45) is -2.62. The van der Waals surface area contributed by atoms with Crippen LogP contribution >= 0.6 is 0 Å². The average Bonchev–Trinajstić information content (AvgIpc) is 3.45. The van der Waals surface area contributed by atoms with E-state index in [1.165, 1.54) is 12.1 Å². The van der Waals surface area contributed by atoms with E-state index in [1.807, 2.05) is 18.2 Å². The predicted octanol–water partition coefficient (Wildman–Crippen LogP) is 6.44. The lowest BCUT2D eigenvalue weighted by atomic mass is 10.1. The third-order valence-corrected chi connectivity index (χ3v) is 7.50. The van der Waals surface area contributed by atoms with Gasteiger partial charge in [-0.15, -0.1) is 0 Å². The van der Waals surface area contributed by atoms with Gasteiger partial charge in [-0.2, -0.15) is 18.3 Å². The van der Waals surface area contributed by atoms with E-state index in [0.717, 1.165) is 29.4 Å². The molecule has 4 N–H and O–H groups in total. The number of aryl methyl sites for hydroxylation is 1. The quantitative estimate of drug-likeness (QED) is 0.118. The smallest absolute Gasteiger partial charge is 0.416 e. The number of alkyl halides is 3. The van der Waals surface area contributed by atoms with E-state index < -0.39 is 23.7 Å². The van der Waals surface area contributed by atoms with Crippen molar-refractivity contribution in [3.63, 3.8) is 0 Å². The highest BCUT2D eigenvalue weighted by atomic mass is 19.4. The van der Waals surface area contributed by atoms with Gasteiger partial charge < -0.3 is 30.5 Å². The van der Waals surface area contributed by atoms with Crippen LogP contribution in [0.1, 0.15) is 34.8 Å². The summed E-state index contributed by atoms with van der Waals surface area (Å²) in [6, 6.07) is 15.0.